The molecule has 0 aliphatic heterocycles. The molecule has 5 nitrogen and oxygen atoms in total. The summed E-state index contributed by atoms with van der Waals surface area (Å²) in [4.78, 5) is 9.95. The Balaban J connectivity index is 2.90. The summed E-state index contributed by atoms with van der Waals surface area (Å²) in [6.45, 7) is 0. The third-order valence-corrected chi connectivity index (χ3v) is 2.22. The Morgan fingerprint density at radius 1 is 1.57 bits per heavy atom. The second-order valence-corrected chi connectivity index (χ2v) is 3.53. The summed E-state index contributed by atoms with van der Waals surface area (Å²) < 4.78 is 13.5. The second-order valence-electron chi connectivity index (χ2n) is 2.62. The standard InChI is InChI=1S/C7H3BrFN3O2/c8-3-1-4-6(7(9)11-10-4)5(2-3)12(13)14/h1-2H,(H,10,11). The molecule has 0 atom stereocenters. The van der Waals surface area contributed by atoms with E-state index in [9.17, 15) is 14.5 Å². The van der Waals surface area contributed by atoms with Gasteiger partial charge in [0.15, 0.2) is 0 Å². The molecule has 0 saturated heterocycles. The summed E-state index contributed by atoms with van der Waals surface area (Å²) in [5.41, 5.74) is -0.01000. The molecule has 0 unspecified atom stereocenters. The number of non-ortho nitro benzene ring substituents is 1. The van der Waals surface area contributed by atoms with Crippen molar-refractivity contribution in [1.29, 1.82) is 0 Å². The van der Waals surface area contributed by atoms with Gasteiger partial charge in [-0.1, -0.05) is 15.9 Å². The second kappa shape index (κ2) is 3.02. The molecule has 0 saturated carbocycles. The summed E-state index contributed by atoms with van der Waals surface area (Å²) >= 11 is 3.09. The first-order chi connectivity index (χ1) is 6.59. The van der Waals surface area contributed by atoms with Gasteiger partial charge >= 0.3 is 0 Å². The van der Waals surface area contributed by atoms with Crippen molar-refractivity contribution in [3.8, 4) is 0 Å². The van der Waals surface area contributed by atoms with Gasteiger partial charge in [0.05, 0.1) is 10.4 Å². The maximum atomic E-state index is 13.0. The van der Waals surface area contributed by atoms with Crippen LogP contribution in [0.2, 0.25) is 0 Å². The molecule has 1 N–H and O–H groups in total. The van der Waals surface area contributed by atoms with Gasteiger partial charge in [-0.25, -0.2) is 0 Å². The van der Waals surface area contributed by atoms with Gasteiger partial charge in [0.1, 0.15) is 5.39 Å². The Morgan fingerprint density at radius 3 is 2.93 bits per heavy atom. The molecule has 2 rings (SSSR count). The number of nitro groups is 1. The van der Waals surface area contributed by atoms with Crippen LogP contribution in [0.25, 0.3) is 10.9 Å². The van der Waals surface area contributed by atoms with E-state index in [0.29, 0.717) is 9.99 Å². The third kappa shape index (κ3) is 1.25. The molecule has 1 heterocycles. The van der Waals surface area contributed by atoms with E-state index in [1.807, 2.05) is 0 Å². The number of nitrogens with one attached hydrogen (secondary N) is 1. The van der Waals surface area contributed by atoms with E-state index >= 15 is 0 Å². The Morgan fingerprint density at radius 2 is 2.29 bits per heavy atom. The maximum absolute atomic E-state index is 13.0. The van der Waals surface area contributed by atoms with E-state index in [4.69, 9.17) is 0 Å². The van der Waals surface area contributed by atoms with Crippen molar-refractivity contribution in [2.75, 3.05) is 0 Å². The lowest BCUT2D eigenvalue weighted by molar-refractivity contribution is -0.383. The number of hydrogen-bond donors (Lipinski definition) is 1. The first-order valence-electron chi connectivity index (χ1n) is 3.57. The topological polar surface area (TPSA) is 71.8 Å². The van der Waals surface area contributed by atoms with Crippen molar-refractivity contribution in [2.45, 2.75) is 0 Å². The average Bonchev–Trinajstić information content (AvgIpc) is 2.46. The zero-order chi connectivity index (χ0) is 10.3. The summed E-state index contributed by atoms with van der Waals surface area (Å²) in [7, 11) is 0. The van der Waals surface area contributed by atoms with Gasteiger partial charge < -0.3 is 0 Å². The minimum Gasteiger partial charge on any atom is -0.275 e. The van der Waals surface area contributed by atoms with Gasteiger partial charge in [0.25, 0.3) is 5.69 Å². The number of nitrogens with zero attached hydrogens (tertiary/aromatic N) is 2. The SMILES string of the molecule is O=[N+]([O-])c1cc(Br)cc2[nH]nc(F)c12. The van der Waals surface area contributed by atoms with Gasteiger partial charge in [-0.2, -0.15) is 4.39 Å². The molecule has 2 aromatic rings. The van der Waals surface area contributed by atoms with Crippen molar-refractivity contribution in [2.24, 2.45) is 0 Å². The molecular formula is C7H3BrFN3O2. The zero-order valence-corrected chi connectivity index (χ0v) is 8.21. The lowest BCUT2D eigenvalue weighted by Gasteiger charge is -1.94. The van der Waals surface area contributed by atoms with Crippen molar-refractivity contribution in [3.05, 3.63) is 32.7 Å². The minimum atomic E-state index is -0.862. The van der Waals surface area contributed by atoms with Crippen LogP contribution in [-0.2, 0) is 0 Å². The Labute approximate surface area is 85.2 Å². The fourth-order valence-electron chi connectivity index (χ4n) is 1.21. The van der Waals surface area contributed by atoms with Crippen LogP contribution in [0.1, 0.15) is 0 Å². The van der Waals surface area contributed by atoms with Crippen LogP contribution in [0, 0.1) is 16.1 Å². The van der Waals surface area contributed by atoms with Gasteiger partial charge in [0, 0.05) is 10.5 Å². The van der Waals surface area contributed by atoms with Crippen LogP contribution in [-0.4, -0.2) is 15.1 Å². The Kier molecular flexibility index (Phi) is 1.95. The Hall–Kier alpha value is -1.50. The highest BCUT2D eigenvalue weighted by Crippen LogP contribution is 2.30. The third-order valence-electron chi connectivity index (χ3n) is 1.76. The summed E-state index contributed by atoms with van der Waals surface area (Å²) in [6, 6.07) is 2.76. The first-order valence-corrected chi connectivity index (χ1v) is 4.36. The number of nitro benzene ring substituents is 1. The molecule has 72 valence electrons. The normalized spacial score (nSPS) is 10.7. The smallest absolute Gasteiger partial charge is 0.275 e. The fraction of sp³-hybridized carbons (Fsp3) is 0. The first kappa shape index (κ1) is 9.07. The molecule has 0 spiro atoms. The van der Waals surface area contributed by atoms with Gasteiger partial charge in [0.2, 0.25) is 5.95 Å². The van der Waals surface area contributed by atoms with Crippen LogP contribution >= 0.6 is 15.9 Å². The molecule has 1 aromatic heterocycles. The van der Waals surface area contributed by atoms with E-state index in [2.05, 4.69) is 26.1 Å². The monoisotopic (exact) mass is 259 g/mol. The number of fused-ring (bicyclic) bond motifs is 1. The lowest BCUT2D eigenvalue weighted by Crippen LogP contribution is -1.89. The van der Waals surface area contributed by atoms with Gasteiger partial charge in [-0.3, -0.25) is 15.2 Å². The fourth-order valence-corrected chi connectivity index (χ4v) is 1.65. The summed E-state index contributed by atoms with van der Waals surface area (Å²) in [6.07, 6.45) is 0. The minimum absolute atomic E-state index is 0.0989. The van der Waals surface area contributed by atoms with E-state index in [-0.39, 0.29) is 11.1 Å². The lowest BCUT2D eigenvalue weighted by atomic mass is 10.2. The number of halogens is 2. The highest BCUT2D eigenvalue weighted by atomic mass is 79.9. The van der Waals surface area contributed by atoms with E-state index in [1.54, 1.807) is 0 Å². The Bertz CT molecular complexity index is 525. The average molecular weight is 260 g/mol. The number of aromatic nitrogens is 2. The number of benzene rings is 1. The number of rotatable bonds is 1. The van der Waals surface area contributed by atoms with Crippen molar-refractivity contribution in [1.82, 2.24) is 10.2 Å². The predicted molar refractivity (Wildman–Crippen MR) is 50.4 cm³/mol. The molecule has 0 bridgehead atoms. The van der Waals surface area contributed by atoms with E-state index in [0.717, 1.165) is 0 Å². The zero-order valence-electron chi connectivity index (χ0n) is 6.62. The molecule has 0 radical (unpaired) electrons. The van der Waals surface area contributed by atoms with Crippen LogP contribution < -0.4 is 0 Å². The van der Waals surface area contributed by atoms with Crippen LogP contribution in [0.3, 0.4) is 0 Å². The molecular weight excluding hydrogens is 257 g/mol. The van der Waals surface area contributed by atoms with Gasteiger partial charge in [-0.15, -0.1) is 5.10 Å². The van der Waals surface area contributed by atoms with Crippen LogP contribution in [0.5, 0.6) is 0 Å². The molecule has 0 aliphatic carbocycles. The molecule has 0 amide bonds. The van der Waals surface area contributed by atoms with Crippen molar-refractivity contribution in [3.63, 3.8) is 0 Å². The highest BCUT2D eigenvalue weighted by Gasteiger charge is 2.19. The molecule has 14 heavy (non-hydrogen) atoms. The quantitative estimate of drug-likeness (QED) is 0.631. The highest BCUT2D eigenvalue weighted by molar-refractivity contribution is 9.10. The van der Waals surface area contributed by atoms with Crippen LogP contribution in [0.4, 0.5) is 10.1 Å². The molecule has 1 aromatic carbocycles. The summed E-state index contributed by atoms with van der Waals surface area (Å²) in [5.74, 6) is -0.862. The van der Waals surface area contributed by atoms with Gasteiger partial charge in [-0.05, 0) is 6.07 Å². The molecule has 0 fully saturated rings. The molecule has 7 heteroatoms. The largest absolute Gasteiger partial charge is 0.284 e. The van der Waals surface area contributed by atoms with Crippen molar-refractivity contribution >= 4 is 32.5 Å². The van der Waals surface area contributed by atoms with Crippen LogP contribution in [0.15, 0.2) is 16.6 Å². The number of aromatic amines is 1. The predicted octanol–water partition coefficient (Wildman–Crippen LogP) is 2.37. The van der Waals surface area contributed by atoms with E-state index < -0.39 is 10.9 Å². The molecule has 0 aliphatic rings. The maximum Gasteiger partial charge on any atom is 0.284 e. The van der Waals surface area contributed by atoms with Crippen molar-refractivity contribution < 1.29 is 9.31 Å². The van der Waals surface area contributed by atoms with E-state index in [1.165, 1.54) is 12.1 Å². The number of hydrogen-bond acceptors (Lipinski definition) is 3. The summed E-state index contributed by atoms with van der Waals surface area (Å²) in [5, 5.41) is 16.1. The number of H-pyrrole nitrogens is 1.